The molecule has 5 rings (SSSR count). The van der Waals surface area contributed by atoms with Crippen molar-refractivity contribution >= 4 is 22.7 Å². The van der Waals surface area contributed by atoms with Gasteiger partial charge < -0.3 is 4.74 Å². The molecule has 168 valence electrons. The van der Waals surface area contributed by atoms with E-state index >= 15 is 0 Å². The predicted octanol–water partition coefficient (Wildman–Crippen LogP) is 6.77. The van der Waals surface area contributed by atoms with E-state index in [1.165, 1.54) is 16.0 Å². The summed E-state index contributed by atoms with van der Waals surface area (Å²) in [5.41, 5.74) is 3.61. The Morgan fingerprint density at radius 1 is 0.912 bits per heavy atom. The van der Waals surface area contributed by atoms with Crippen LogP contribution in [0.3, 0.4) is 0 Å². The van der Waals surface area contributed by atoms with Crippen molar-refractivity contribution in [1.82, 2.24) is 14.8 Å². The highest BCUT2D eigenvalue weighted by Crippen LogP contribution is 2.32. The third-order valence-corrected chi connectivity index (χ3v) is 5.93. The fourth-order valence-corrected chi connectivity index (χ4v) is 4.28. The van der Waals surface area contributed by atoms with Crippen molar-refractivity contribution in [3.63, 3.8) is 0 Å². The first kappa shape index (κ1) is 21.5. The molecule has 0 atom stereocenters. The van der Waals surface area contributed by atoms with Crippen molar-refractivity contribution in [2.45, 2.75) is 6.92 Å². The second kappa shape index (κ2) is 9.68. The molecule has 34 heavy (non-hydrogen) atoms. The Bertz CT molecular complexity index is 1490. The lowest BCUT2D eigenvalue weighted by Crippen LogP contribution is -2.13. The maximum Gasteiger partial charge on any atom is 0.301 e. The van der Waals surface area contributed by atoms with Gasteiger partial charge in [0.1, 0.15) is 11.4 Å². The van der Waals surface area contributed by atoms with Crippen molar-refractivity contribution in [3.8, 4) is 33.4 Å². The summed E-state index contributed by atoms with van der Waals surface area (Å²) in [7, 11) is 0. The monoisotopic (exact) mass is 467 g/mol. The molecule has 0 aliphatic carbocycles. The van der Waals surface area contributed by atoms with Gasteiger partial charge in [0.2, 0.25) is 5.13 Å². The molecule has 8 heteroatoms. The SMILES string of the molecule is CCOc1ccccc1N=Nc1c(-c2ccccc2)[nH]n(-c2nc(-c3ccccc3)cs2)c1=O. The molecular formula is C26H21N5O2S. The molecule has 5 aromatic rings. The summed E-state index contributed by atoms with van der Waals surface area (Å²) in [6.07, 6.45) is 0. The van der Waals surface area contributed by atoms with Gasteiger partial charge in [-0.05, 0) is 19.1 Å². The van der Waals surface area contributed by atoms with E-state index in [9.17, 15) is 4.79 Å². The summed E-state index contributed by atoms with van der Waals surface area (Å²) < 4.78 is 7.06. The van der Waals surface area contributed by atoms with Crippen molar-refractivity contribution < 1.29 is 4.74 Å². The van der Waals surface area contributed by atoms with Crippen LogP contribution in [0.4, 0.5) is 11.4 Å². The third-order valence-electron chi connectivity index (χ3n) is 5.10. The summed E-state index contributed by atoms with van der Waals surface area (Å²) in [6, 6.07) is 26.8. The maximum absolute atomic E-state index is 13.5. The van der Waals surface area contributed by atoms with Gasteiger partial charge in [0.25, 0.3) is 0 Å². The largest absolute Gasteiger partial charge is 0.492 e. The number of aromatic nitrogens is 3. The standard InChI is InChI=1S/C26H21N5O2S/c1-2-33-22-16-10-9-15-20(22)28-29-24-23(19-13-7-4-8-14-19)30-31(25(24)32)26-27-21(17-34-26)18-11-5-3-6-12-18/h3-17,30H,2H2,1H3. The predicted molar refractivity (Wildman–Crippen MR) is 135 cm³/mol. The maximum atomic E-state index is 13.5. The molecule has 7 nitrogen and oxygen atoms in total. The lowest BCUT2D eigenvalue weighted by Gasteiger charge is -2.04. The van der Waals surface area contributed by atoms with Gasteiger partial charge in [-0.1, -0.05) is 72.8 Å². The van der Waals surface area contributed by atoms with Gasteiger partial charge in [0, 0.05) is 16.5 Å². The van der Waals surface area contributed by atoms with Gasteiger partial charge in [-0.25, -0.2) is 4.98 Å². The summed E-state index contributed by atoms with van der Waals surface area (Å²) >= 11 is 1.38. The third kappa shape index (κ3) is 4.31. The van der Waals surface area contributed by atoms with Crippen LogP contribution in [-0.4, -0.2) is 21.4 Å². The number of nitrogens with zero attached hydrogens (tertiary/aromatic N) is 4. The van der Waals surface area contributed by atoms with Gasteiger partial charge in [0.05, 0.1) is 18.0 Å². The minimum Gasteiger partial charge on any atom is -0.492 e. The number of azo groups is 1. The fraction of sp³-hybridized carbons (Fsp3) is 0.0769. The smallest absolute Gasteiger partial charge is 0.301 e. The number of H-pyrrole nitrogens is 1. The van der Waals surface area contributed by atoms with Gasteiger partial charge in [-0.3, -0.25) is 9.89 Å². The number of nitrogens with one attached hydrogen (secondary N) is 1. The first-order chi connectivity index (χ1) is 16.7. The molecule has 0 saturated heterocycles. The van der Waals surface area contributed by atoms with Crippen molar-refractivity contribution in [1.29, 1.82) is 0 Å². The number of rotatable bonds is 7. The summed E-state index contributed by atoms with van der Waals surface area (Å²) in [5, 5.41) is 14.4. The molecule has 0 amide bonds. The van der Waals surface area contributed by atoms with Crippen LogP contribution in [0.2, 0.25) is 0 Å². The molecule has 3 aromatic carbocycles. The molecule has 0 aliphatic rings. The zero-order chi connectivity index (χ0) is 23.3. The highest BCUT2D eigenvalue weighted by Gasteiger charge is 2.19. The molecule has 0 saturated carbocycles. The molecule has 0 unspecified atom stereocenters. The van der Waals surface area contributed by atoms with Gasteiger partial charge in [-0.2, -0.15) is 4.68 Å². The average molecular weight is 468 g/mol. The number of aromatic amines is 1. The first-order valence-corrected chi connectivity index (χ1v) is 11.7. The minimum absolute atomic E-state index is 0.203. The average Bonchev–Trinajstić information content (AvgIpc) is 3.50. The number of hydrogen-bond donors (Lipinski definition) is 1. The van der Waals surface area contributed by atoms with Gasteiger partial charge in [0.15, 0.2) is 5.69 Å². The Hall–Kier alpha value is -4.30. The van der Waals surface area contributed by atoms with Crippen LogP contribution in [0.25, 0.3) is 27.6 Å². The lowest BCUT2D eigenvalue weighted by molar-refractivity contribution is 0.341. The first-order valence-electron chi connectivity index (χ1n) is 10.8. The molecule has 0 bridgehead atoms. The van der Waals surface area contributed by atoms with Gasteiger partial charge >= 0.3 is 5.56 Å². The van der Waals surface area contributed by atoms with Gasteiger partial charge in [-0.15, -0.1) is 21.6 Å². The highest BCUT2D eigenvalue weighted by atomic mass is 32.1. The van der Waals surface area contributed by atoms with E-state index in [1.54, 1.807) is 6.07 Å². The second-order valence-corrected chi connectivity index (χ2v) is 8.16. The van der Waals surface area contributed by atoms with E-state index < -0.39 is 0 Å². The van der Waals surface area contributed by atoms with Crippen LogP contribution >= 0.6 is 11.3 Å². The van der Waals surface area contributed by atoms with E-state index in [1.807, 2.05) is 91.2 Å². The van der Waals surface area contributed by atoms with Crippen LogP contribution in [-0.2, 0) is 0 Å². The quantitative estimate of drug-likeness (QED) is 0.268. The molecule has 0 radical (unpaired) electrons. The van der Waals surface area contributed by atoms with E-state index in [2.05, 4.69) is 20.3 Å². The van der Waals surface area contributed by atoms with Crippen LogP contribution in [0.5, 0.6) is 5.75 Å². The molecule has 0 fully saturated rings. The topological polar surface area (TPSA) is 84.6 Å². The Balaban J connectivity index is 1.60. The number of benzene rings is 3. The second-order valence-electron chi connectivity index (χ2n) is 7.32. The Labute approximate surface area is 200 Å². The van der Waals surface area contributed by atoms with Crippen LogP contribution in [0.15, 0.2) is 105 Å². The summed E-state index contributed by atoms with van der Waals surface area (Å²) in [6.45, 7) is 2.41. The van der Waals surface area contributed by atoms with E-state index in [-0.39, 0.29) is 11.2 Å². The van der Waals surface area contributed by atoms with E-state index in [0.29, 0.717) is 28.9 Å². The fourth-order valence-electron chi connectivity index (χ4n) is 3.49. The zero-order valence-corrected chi connectivity index (χ0v) is 19.2. The minimum atomic E-state index is -0.328. The molecule has 2 aromatic heterocycles. The number of ether oxygens (including phenoxy) is 1. The van der Waals surface area contributed by atoms with Crippen LogP contribution < -0.4 is 10.3 Å². The lowest BCUT2D eigenvalue weighted by atomic mass is 10.1. The van der Waals surface area contributed by atoms with Crippen molar-refractivity contribution in [2.24, 2.45) is 10.2 Å². The highest BCUT2D eigenvalue weighted by molar-refractivity contribution is 7.12. The van der Waals surface area contributed by atoms with Crippen molar-refractivity contribution in [3.05, 3.63) is 101 Å². The van der Waals surface area contributed by atoms with Crippen molar-refractivity contribution in [2.75, 3.05) is 6.61 Å². The number of hydrogen-bond acceptors (Lipinski definition) is 6. The molecular weight excluding hydrogens is 446 g/mol. The number of para-hydroxylation sites is 1. The molecule has 1 N–H and O–H groups in total. The summed E-state index contributed by atoms with van der Waals surface area (Å²) in [4.78, 5) is 18.1. The normalized spacial score (nSPS) is 11.2. The Kier molecular flexibility index (Phi) is 6.13. The van der Waals surface area contributed by atoms with Crippen LogP contribution in [0.1, 0.15) is 6.92 Å². The number of thiazole rings is 1. The molecule has 2 heterocycles. The zero-order valence-electron chi connectivity index (χ0n) is 18.4. The van der Waals surface area contributed by atoms with E-state index in [4.69, 9.17) is 4.74 Å². The molecule has 0 spiro atoms. The summed E-state index contributed by atoms with van der Waals surface area (Å²) in [5.74, 6) is 0.610. The van der Waals surface area contributed by atoms with Crippen LogP contribution in [0, 0.1) is 0 Å². The Morgan fingerprint density at radius 2 is 1.59 bits per heavy atom. The molecule has 0 aliphatic heterocycles. The van der Waals surface area contributed by atoms with E-state index in [0.717, 1.165) is 16.8 Å². The Morgan fingerprint density at radius 3 is 2.32 bits per heavy atom.